The van der Waals surface area contributed by atoms with Crippen LogP contribution in [0.15, 0.2) is 5.38 Å². The number of carbonyl (C=O) groups excluding carboxylic acids is 1. The van der Waals surface area contributed by atoms with Crippen molar-refractivity contribution in [1.29, 1.82) is 0 Å². The van der Waals surface area contributed by atoms with Crippen molar-refractivity contribution in [2.75, 3.05) is 53.4 Å². The van der Waals surface area contributed by atoms with Crippen LogP contribution in [0.25, 0.3) is 0 Å². The monoisotopic (exact) mass is 312 g/mol. The van der Waals surface area contributed by atoms with Gasteiger partial charge in [0.15, 0.2) is 0 Å². The van der Waals surface area contributed by atoms with Crippen LogP contribution in [0.3, 0.4) is 0 Å². The molecule has 118 valence electrons. The summed E-state index contributed by atoms with van der Waals surface area (Å²) >= 11 is 1.56. The highest BCUT2D eigenvalue weighted by atomic mass is 32.1. The Morgan fingerprint density at radius 1 is 1.33 bits per heavy atom. The van der Waals surface area contributed by atoms with Crippen molar-refractivity contribution in [2.24, 2.45) is 0 Å². The highest BCUT2D eigenvalue weighted by molar-refractivity contribution is 7.09. The second-order valence-corrected chi connectivity index (χ2v) is 6.48. The van der Waals surface area contributed by atoms with Gasteiger partial charge in [-0.25, -0.2) is 4.98 Å². The third kappa shape index (κ3) is 5.03. The van der Waals surface area contributed by atoms with E-state index in [1.54, 1.807) is 30.3 Å². The molecule has 1 aromatic rings. The number of amides is 1. The highest BCUT2D eigenvalue weighted by Crippen LogP contribution is 2.14. The lowest BCUT2D eigenvalue weighted by Crippen LogP contribution is -2.46. The van der Waals surface area contributed by atoms with Gasteiger partial charge in [0.1, 0.15) is 5.01 Å². The van der Waals surface area contributed by atoms with Crippen LogP contribution in [0, 0.1) is 0 Å². The first-order valence-corrected chi connectivity index (χ1v) is 8.15. The summed E-state index contributed by atoms with van der Waals surface area (Å²) in [6, 6.07) is 0. The van der Waals surface area contributed by atoms with E-state index < -0.39 is 0 Å². The Balaban J connectivity index is 1.79. The van der Waals surface area contributed by atoms with Crippen LogP contribution in [-0.4, -0.2) is 84.1 Å². The van der Waals surface area contributed by atoms with Crippen molar-refractivity contribution < 1.29 is 9.90 Å². The van der Waals surface area contributed by atoms with Crippen molar-refractivity contribution in [3.8, 4) is 0 Å². The molecule has 1 saturated heterocycles. The van der Waals surface area contributed by atoms with Crippen molar-refractivity contribution in [3.05, 3.63) is 16.1 Å². The lowest BCUT2D eigenvalue weighted by molar-refractivity contribution is -0.127. The number of hydrogen-bond donors (Lipinski definition) is 1. The molecule has 0 saturated carbocycles. The van der Waals surface area contributed by atoms with E-state index in [1.165, 1.54) is 0 Å². The van der Waals surface area contributed by atoms with Crippen LogP contribution >= 0.6 is 11.3 Å². The Labute approximate surface area is 130 Å². The topological polar surface area (TPSA) is 59.9 Å². The molecule has 0 aromatic carbocycles. The Bertz CT molecular complexity index is 456. The van der Waals surface area contributed by atoms with Crippen molar-refractivity contribution >= 4 is 17.2 Å². The lowest BCUT2D eigenvalue weighted by Gasteiger charge is -2.33. The summed E-state index contributed by atoms with van der Waals surface area (Å²) < 4.78 is 0. The first kappa shape index (κ1) is 16.4. The number of likely N-dealkylation sites (N-methyl/N-ethyl adjacent to an activating group) is 1. The van der Waals surface area contributed by atoms with Crippen molar-refractivity contribution in [1.82, 2.24) is 19.7 Å². The van der Waals surface area contributed by atoms with E-state index in [0.29, 0.717) is 6.42 Å². The van der Waals surface area contributed by atoms with E-state index in [4.69, 9.17) is 5.11 Å². The maximum absolute atomic E-state index is 11.7. The van der Waals surface area contributed by atoms with E-state index in [9.17, 15) is 4.79 Å². The van der Waals surface area contributed by atoms with Crippen molar-refractivity contribution in [2.45, 2.75) is 13.0 Å². The molecular formula is C14H24N4O2S. The minimum atomic E-state index is 0.0912. The largest absolute Gasteiger partial charge is 0.395 e. The molecule has 21 heavy (non-hydrogen) atoms. The van der Waals surface area contributed by atoms with Crippen LogP contribution in [-0.2, 0) is 17.8 Å². The molecule has 1 N–H and O–H groups in total. The molecule has 2 heterocycles. The van der Waals surface area contributed by atoms with Gasteiger partial charge in [0.05, 0.1) is 18.7 Å². The third-order valence-corrected chi connectivity index (χ3v) is 4.56. The second-order valence-electron chi connectivity index (χ2n) is 5.54. The predicted octanol–water partition coefficient (Wildman–Crippen LogP) is -0.116. The van der Waals surface area contributed by atoms with Crippen LogP contribution < -0.4 is 0 Å². The van der Waals surface area contributed by atoms with Gasteiger partial charge < -0.3 is 10.0 Å². The maximum atomic E-state index is 11.7. The van der Waals surface area contributed by atoms with Crippen LogP contribution in [0.5, 0.6) is 0 Å². The zero-order chi connectivity index (χ0) is 15.2. The summed E-state index contributed by atoms with van der Waals surface area (Å²) in [7, 11) is 3.53. The molecule has 6 nitrogen and oxygen atoms in total. The smallest absolute Gasteiger partial charge is 0.228 e. The third-order valence-electron chi connectivity index (χ3n) is 3.67. The average molecular weight is 312 g/mol. The van der Waals surface area contributed by atoms with E-state index in [-0.39, 0.29) is 12.5 Å². The highest BCUT2D eigenvalue weighted by Gasteiger charge is 2.17. The van der Waals surface area contributed by atoms with Gasteiger partial charge in [-0.1, -0.05) is 0 Å². The van der Waals surface area contributed by atoms with E-state index in [2.05, 4.69) is 20.2 Å². The summed E-state index contributed by atoms with van der Waals surface area (Å²) in [5, 5.41) is 11.9. The summed E-state index contributed by atoms with van der Waals surface area (Å²) in [6.07, 6.45) is 0.391. The van der Waals surface area contributed by atoms with Crippen LogP contribution in [0.1, 0.15) is 10.7 Å². The Kier molecular flexibility index (Phi) is 6.10. The first-order chi connectivity index (χ1) is 10.1. The number of β-amino-alcohol motifs (C(OH)–C–C–N with tert-alkyl or cyclic N) is 1. The molecule has 1 fully saturated rings. The molecule has 1 aliphatic rings. The Hall–Kier alpha value is -1.02. The Morgan fingerprint density at radius 2 is 2.00 bits per heavy atom. The number of aliphatic hydroxyl groups excluding tert-OH is 1. The molecule has 1 aromatic heterocycles. The van der Waals surface area contributed by atoms with E-state index >= 15 is 0 Å². The molecule has 0 atom stereocenters. The molecule has 0 radical (unpaired) electrons. The Morgan fingerprint density at radius 3 is 2.62 bits per heavy atom. The van der Waals surface area contributed by atoms with Gasteiger partial charge in [0.2, 0.25) is 5.91 Å². The molecule has 0 unspecified atom stereocenters. The van der Waals surface area contributed by atoms with Gasteiger partial charge in [-0.15, -0.1) is 11.3 Å². The fourth-order valence-corrected chi connectivity index (χ4v) is 3.11. The number of carbonyl (C=O) groups is 1. The average Bonchev–Trinajstić information content (AvgIpc) is 2.88. The van der Waals surface area contributed by atoms with Gasteiger partial charge in [0, 0.05) is 58.7 Å². The molecule has 0 aliphatic carbocycles. The summed E-state index contributed by atoms with van der Waals surface area (Å²) in [5.41, 5.74) is 1.05. The predicted molar refractivity (Wildman–Crippen MR) is 83.3 cm³/mol. The summed E-state index contributed by atoms with van der Waals surface area (Å²) in [6.45, 7) is 5.84. The van der Waals surface area contributed by atoms with E-state index in [1.807, 2.05) is 0 Å². The van der Waals surface area contributed by atoms with Gasteiger partial charge in [-0.2, -0.15) is 0 Å². The standard InChI is InChI=1S/C14H24N4O2S/c1-16(2)14(20)9-13-15-12(11-21-13)10-18-5-3-17(4-6-18)7-8-19/h11,19H,3-10H2,1-2H3. The second kappa shape index (κ2) is 7.84. The molecule has 1 amide bonds. The lowest BCUT2D eigenvalue weighted by atomic mass is 10.3. The molecule has 1 aliphatic heterocycles. The maximum Gasteiger partial charge on any atom is 0.228 e. The fourth-order valence-electron chi connectivity index (χ4n) is 2.33. The van der Waals surface area contributed by atoms with Crippen LogP contribution in [0.4, 0.5) is 0 Å². The molecular weight excluding hydrogens is 288 g/mol. The quantitative estimate of drug-likeness (QED) is 0.794. The van der Waals surface area contributed by atoms with Crippen molar-refractivity contribution in [3.63, 3.8) is 0 Å². The number of piperazine rings is 1. The number of rotatable bonds is 6. The number of thiazole rings is 1. The van der Waals surface area contributed by atoms with E-state index in [0.717, 1.165) is 50.0 Å². The molecule has 7 heteroatoms. The van der Waals surface area contributed by atoms with Gasteiger partial charge in [0.25, 0.3) is 0 Å². The zero-order valence-electron chi connectivity index (χ0n) is 12.8. The number of aliphatic hydroxyl groups is 1. The first-order valence-electron chi connectivity index (χ1n) is 7.27. The van der Waals surface area contributed by atoms with Gasteiger partial charge >= 0.3 is 0 Å². The SMILES string of the molecule is CN(C)C(=O)Cc1nc(CN2CCN(CCO)CC2)cs1. The fraction of sp³-hybridized carbons (Fsp3) is 0.714. The summed E-state index contributed by atoms with van der Waals surface area (Å²) in [4.78, 5) is 22.5. The number of aromatic nitrogens is 1. The number of nitrogens with zero attached hydrogens (tertiary/aromatic N) is 4. The minimum Gasteiger partial charge on any atom is -0.395 e. The number of hydrogen-bond acceptors (Lipinski definition) is 6. The molecule has 2 rings (SSSR count). The molecule has 0 bridgehead atoms. The minimum absolute atomic E-state index is 0.0912. The normalized spacial score (nSPS) is 17.1. The summed E-state index contributed by atoms with van der Waals surface area (Å²) in [5.74, 6) is 0.0912. The van der Waals surface area contributed by atoms with Crippen LogP contribution in [0.2, 0.25) is 0 Å². The zero-order valence-corrected chi connectivity index (χ0v) is 13.6. The van der Waals surface area contributed by atoms with Gasteiger partial charge in [-0.05, 0) is 0 Å². The molecule has 0 spiro atoms. The van der Waals surface area contributed by atoms with Gasteiger partial charge in [-0.3, -0.25) is 14.6 Å².